The van der Waals surface area contributed by atoms with Gasteiger partial charge in [-0.15, -0.1) is 0 Å². The van der Waals surface area contributed by atoms with E-state index in [1.54, 1.807) is 0 Å². The molecule has 0 saturated carbocycles. The summed E-state index contributed by atoms with van der Waals surface area (Å²) in [6.45, 7) is -0.612. The number of nitrogens with one attached hydrogen (secondary N) is 1. The van der Waals surface area contributed by atoms with Crippen LogP contribution in [0.3, 0.4) is 0 Å². The molecule has 0 radical (unpaired) electrons. The lowest BCUT2D eigenvalue weighted by atomic mass is 10.2. The van der Waals surface area contributed by atoms with E-state index in [2.05, 4.69) is 4.98 Å². The fourth-order valence-corrected chi connectivity index (χ4v) is 1.03. The molecule has 1 aromatic heterocycles. The highest BCUT2D eigenvalue weighted by Gasteiger charge is 2.18. The highest BCUT2D eigenvalue weighted by atomic mass is 19.3. The van der Waals surface area contributed by atoms with Gasteiger partial charge in [-0.2, -0.15) is 0 Å². The summed E-state index contributed by atoms with van der Waals surface area (Å²) in [6.07, 6.45) is -3.93. The summed E-state index contributed by atoms with van der Waals surface area (Å²) in [6, 6.07) is 2.31. The van der Waals surface area contributed by atoms with Crippen molar-refractivity contribution in [3.05, 3.63) is 29.6 Å². The molecule has 1 amide bonds. The molecular formula is C10H10F2N2O4. The van der Waals surface area contributed by atoms with Gasteiger partial charge in [-0.25, -0.2) is 13.6 Å². The van der Waals surface area contributed by atoms with Gasteiger partial charge in [0.1, 0.15) is 11.8 Å². The summed E-state index contributed by atoms with van der Waals surface area (Å²) in [7, 11) is 0. The number of carbonyl (C=O) groups is 2. The predicted molar refractivity (Wildman–Crippen MR) is 55.5 cm³/mol. The zero-order chi connectivity index (χ0) is 13.7. The Hall–Kier alpha value is -2.09. The number of nitrogens with zero attached hydrogens (tertiary/aromatic N) is 1. The van der Waals surface area contributed by atoms with Gasteiger partial charge in [0.15, 0.2) is 0 Å². The molecule has 6 nitrogen and oxygen atoms in total. The summed E-state index contributed by atoms with van der Waals surface area (Å²) in [4.78, 5) is 25.5. The van der Waals surface area contributed by atoms with Crippen molar-refractivity contribution in [2.75, 3.05) is 6.54 Å². The van der Waals surface area contributed by atoms with Gasteiger partial charge in [-0.1, -0.05) is 0 Å². The van der Waals surface area contributed by atoms with Crippen LogP contribution in [0.25, 0.3) is 0 Å². The molecule has 1 rings (SSSR count). The van der Waals surface area contributed by atoms with Crippen molar-refractivity contribution in [3.63, 3.8) is 0 Å². The molecule has 3 N–H and O–H groups in total. The van der Waals surface area contributed by atoms with Gasteiger partial charge in [-0.05, 0) is 12.1 Å². The van der Waals surface area contributed by atoms with Gasteiger partial charge in [0, 0.05) is 12.7 Å². The first-order chi connectivity index (χ1) is 8.41. The van der Waals surface area contributed by atoms with Gasteiger partial charge in [-0.3, -0.25) is 9.78 Å². The molecule has 1 atom stereocenters. The van der Waals surface area contributed by atoms with Crippen molar-refractivity contribution in [3.8, 4) is 0 Å². The van der Waals surface area contributed by atoms with E-state index in [4.69, 9.17) is 10.2 Å². The number of hydrogen-bond acceptors (Lipinski definition) is 4. The van der Waals surface area contributed by atoms with Crippen LogP contribution in [0.1, 0.15) is 20.8 Å². The maximum absolute atomic E-state index is 11.9. The van der Waals surface area contributed by atoms with Crippen molar-refractivity contribution in [2.24, 2.45) is 0 Å². The standard InChI is InChI=1S/C10H10F2N2O4/c11-8(12)7(15)4-14-9(16)6-2-1-5(3-13-6)10(17)18/h1-3,7-8,15H,4H2,(H,14,16)(H,17,18). The van der Waals surface area contributed by atoms with Crippen LogP contribution in [0.5, 0.6) is 0 Å². The first-order valence-corrected chi connectivity index (χ1v) is 4.85. The lowest BCUT2D eigenvalue weighted by molar-refractivity contribution is -0.00273. The Bertz CT molecular complexity index is 436. The summed E-state index contributed by atoms with van der Waals surface area (Å²) >= 11 is 0. The van der Waals surface area contributed by atoms with Gasteiger partial charge in [0.25, 0.3) is 12.3 Å². The van der Waals surface area contributed by atoms with Gasteiger partial charge >= 0.3 is 5.97 Å². The van der Waals surface area contributed by atoms with E-state index in [9.17, 15) is 18.4 Å². The van der Waals surface area contributed by atoms with Gasteiger partial charge in [0.2, 0.25) is 0 Å². The molecule has 18 heavy (non-hydrogen) atoms. The van der Waals surface area contributed by atoms with Crippen LogP contribution in [0.15, 0.2) is 18.3 Å². The number of aromatic nitrogens is 1. The molecule has 0 bridgehead atoms. The third-order valence-corrected chi connectivity index (χ3v) is 2.01. The highest BCUT2D eigenvalue weighted by molar-refractivity contribution is 5.93. The minimum absolute atomic E-state index is 0.0980. The summed E-state index contributed by atoms with van der Waals surface area (Å²) in [5, 5.41) is 19.4. The van der Waals surface area contributed by atoms with Crippen LogP contribution < -0.4 is 5.32 Å². The molecule has 0 aliphatic rings. The Balaban J connectivity index is 2.59. The van der Waals surface area contributed by atoms with E-state index < -0.39 is 31.0 Å². The van der Waals surface area contributed by atoms with Crippen LogP contribution in [-0.4, -0.2) is 46.1 Å². The largest absolute Gasteiger partial charge is 0.478 e. The van der Waals surface area contributed by atoms with Crippen molar-refractivity contribution in [1.82, 2.24) is 10.3 Å². The number of hydrogen-bond donors (Lipinski definition) is 3. The van der Waals surface area contributed by atoms with E-state index in [1.807, 2.05) is 5.32 Å². The number of aliphatic hydroxyl groups is 1. The average molecular weight is 260 g/mol. The smallest absolute Gasteiger partial charge is 0.337 e. The second kappa shape index (κ2) is 6.01. The topological polar surface area (TPSA) is 99.5 Å². The molecule has 0 saturated heterocycles. The van der Waals surface area contributed by atoms with E-state index in [1.165, 1.54) is 0 Å². The quantitative estimate of drug-likeness (QED) is 0.699. The molecule has 0 spiro atoms. The Morgan fingerprint density at radius 3 is 2.50 bits per heavy atom. The first-order valence-electron chi connectivity index (χ1n) is 4.85. The third-order valence-electron chi connectivity index (χ3n) is 2.01. The lowest BCUT2D eigenvalue weighted by Crippen LogP contribution is -2.36. The average Bonchev–Trinajstić information content (AvgIpc) is 2.35. The Labute approximate surface area is 100 Å². The second-order valence-electron chi connectivity index (χ2n) is 3.35. The van der Waals surface area contributed by atoms with Crippen molar-refractivity contribution >= 4 is 11.9 Å². The molecule has 8 heteroatoms. The van der Waals surface area contributed by atoms with E-state index in [0.717, 1.165) is 18.3 Å². The Morgan fingerprint density at radius 2 is 2.06 bits per heavy atom. The number of aromatic carboxylic acids is 1. The second-order valence-corrected chi connectivity index (χ2v) is 3.35. The number of carboxylic acids is 1. The molecular weight excluding hydrogens is 250 g/mol. The molecule has 0 aliphatic heterocycles. The molecule has 1 heterocycles. The van der Waals surface area contributed by atoms with Gasteiger partial charge < -0.3 is 15.5 Å². The molecule has 0 fully saturated rings. The van der Waals surface area contributed by atoms with Crippen molar-refractivity contribution < 1.29 is 28.6 Å². The maximum Gasteiger partial charge on any atom is 0.337 e. The Kier molecular flexibility index (Phi) is 4.67. The number of alkyl halides is 2. The van der Waals surface area contributed by atoms with Crippen LogP contribution in [0.4, 0.5) is 8.78 Å². The molecule has 1 unspecified atom stereocenters. The van der Waals surface area contributed by atoms with Crippen LogP contribution >= 0.6 is 0 Å². The third kappa shape index (κ3) is 3.74. The molecule has 1 aromatic rings. The lowest BCUT2D eigenvalue weighted by Gasteiger charge is -2.10. The maximum atomic E-state index is 11.9. The van der Waals surface area contributed by atoms with Crippen LogP contribution in [0, 0.1) is 0 Å². The predicted octanol–water partition coefficient (Wildman–Crippen LogP) is 0.136. The number of rotatable bonds is 5. The fraction of sp³-hybridized carbons (Fsp3) is 0.300. The number of carboxylic acid groups (broad SMARTS) is 1. The van der Waals surface area contributed by atoms with E-state index in [0.29, 0.717) is 0 Å². The minimum atomic E-state index is -2.95. The summed E-state index contributed by atoms with van der Waals surface area (Å²) in [5.74, 6) is -1.96. The Morgan fingerprint density at radius 1 is 1.39 bits per heavy atom. The number of pyridine rings is 1. The normalized spacial score (nSPS) is 12.2. The molecule has 0 aromatic carbocycles. The SMILES string of the molecule is O=C(O)c1ccc(C(=O)NCC(O)C(F)F)nc1. The van der Waals surface area contributed by atoms with Crippen molar-refractivity contribution in [2.45, 2.75) is 12.5 Å². The minimum Gasteiger partial charge on any atom is -0.478 e. The zero-order valence-electron chi connectivity index (χ0n) is 9.01. The van der Waals surface area contributed by atoms with E-state index in [-0.39, 0.29) is 11.3 Å². The number of carbonyl (C=O) groups excluding carboxylic acids is 1. The molecule has 0 aliphatic carbocycles. The number of amides is 1. The fourth-order valence-electron chi connectivity index (χ4n) is 1.03. The monoisotopic (exact) mass is 260 g/mol. The van der Waals surface area contributed by atoms with Crippen molar-refractivity contribution in [1.29, 1.82) is 0 Å². The molecule has 98 valence electrons. The zero-order valence-corrected chi connectivity index (χ0v) is 9.01. The number of aliphatic hydroxyl groups excluding tert-OH is 1. The van der Waals surface area contributed by atoms with Crippen LogP contribution in [-0.2, 0) is 0 Å². The highest BCUT2D eigenvalue weighted by Crippen LogP contribution is 2.02. The number of halogens is 2. The van der Waals surface area contributed by atoms with Crippen LogP contribution in [0.2, 0.25) is 0 Å². The summed E-state index contributed by atoms with van der Waals surface area (Å²) in [5.41, 5.74) is -0.222. The van der Waals surface area contributed by atoms with Gasteiger partial charge in [0.05, 0.1) is 5.56 Å². The summed E-state index contributed by atoms with van der Waals surface area (Å²) < 4.78 is 23.9. The first kappa shape index (κ1) is 14.0. The van der Waals surface area contributed by atoms with E-state index >= 15 is 0 Å².